The summed E-state index contributed by atoms with van der Waals surface area (Å²) in [7, 11) is 3.88. The second kappa shape index (κ2) is 9.28. The molecule has 1 fully saturated rings. The average molecular weight is 388 g/mol. The minimum Gasteiger partial charge on any atom is -0.377 e. The summed E-state index contributed by atoms with van der Waals surface area (Å²) in [6, 6.07) is 1.87. The number of anilines is 1. The standard InChI is InChI=1S/C20H29N5OS/c1-4-19-23-16(14-27-19)13-25-9-6-15(7-10-25)11-22-20(26)17-12-21-8-5-18(17)24(2)3/h5,8,12,14-15H,4,6-7,9-11,13H2,1-3H3,(H,22,26). The van der Waals surface area contributed by atoms with Crippen LogP contribution >= 0.6 is 11.3 Å². The Hall–Kier alpha value is -1.99. The van der Waals surface area contributed by atoms with Crippen LogP contribution in [0, 0.1) is 5.92 Å². The van der Waals surface area contributed by atoms with Gasteiger partial charge in [-0.25, -0.2) is 4.98 Å². The van der Waals surface area contributed by atoms with E-state index in [4.69, 9.17) is 0 Å². The van der Waals surface area contributed by atoms with Crippen LogP contribution in [-0.2, 0) is 13.0 Å². The van der Waals surface area contributed by atoms with Crippen LogP contribution in [0.5, 0.6) is 0 Å². The third-order valence-corrected chi connectivity index (χ3v) is 6.11. The molecule has 3 rings (SSSR count). The molecule has 2 aromatic rings. The molecule has 0 bridgehead atoms. The number of amides is 1. The van der Waals surface area contributed by atoms with Crippen LogP contribution in [0.4, 0.5) is 5.69 Å². The number of aryl methyl sites for hydroxylation is 1. The lowest BCUT2D eigenvalue weighted by molar-refractivity contribution is 0.0935. The van der Waals surface area contributed by atoms with Gasteiger partial charge < -0.3 is 10.2 Å². The van der Waals surface area contributed by atoms with Crippen molar-refractivity contribution in [2.24, 2.45) is 5.92 Å². The monoisotopic (exact) mass is 387 g/mol. The van der Waals surface area contributed by atoms with Gasteiger partial charge in [-0.15, -0.1) is 11.3 Å². The Kier molecular flexibility index (Phi) is 6.79. The van der Waals surface area contributed by atoms with Crippen LogP contribution in [0.2, 0.25) is 0 Å². The zero-order valence-electron chi connectivity index (χ0n) is 16.4. The Balaban J connectivity index is 1.45. The third-order valence-electron chi connectivity index (χ3n) is 5.07. The molecule has 1 saturated heterocycles. The second-order valence-corrected chi connectivity index (χ2v) is 8.25. The lowest BCUT2D eigenvalue weighted by atomic mass is 9.96. The van der Waals surface area contributed by atoms with Gasteiger partial charge in [0.2, 0.25) is 0 Å². The smallest absolute Gasteiger partial charge is 0.254 e. The first-order valence-electron chi connectivity index (χ1n) is 9.62. The van der Waals surface area contributed by atoms with E-state index in [-0.39, 0.29) is 5.91 Å². The van der Waals surface area contributed by atoms with Gasteiger partial charge in [0.15, 0.2) is 0 Å². The Morgan fingerprint density at radius 2 is 2.15 bits per heavy atom. The number of carbonyl (C=O) groups excluding carboxylic acids is 1. The Labute approximate surface area is 165 Å². The van der Waals surface area contributed by atoms with E-state index in [0.717, 1.165) is 51.1 Å². The summed E-state index contributed by atoms with van der Waals surface area (Å²) in [5.41, 5.74) is 2.72. The van der Waals surface area contributed by atoms with Crippen LogP contribution < -0.4 is 10.2 Å². The van der Waals surface area contributed by atoms with Crippen LogP contribution in [0.1, 0.15) is 40.8 Å². The molecule has 0 saturated carbocycles. The number of nitrogens with zero attached hydrogens (tertiary/aromatic N) is 4. The zero-order valence-corrected chi connectivity index (χ0v) is 17.3. The first kappa shape index (κ1) is 19.8. The molecule has 27 heavy (non-hydrogen) atoms. The van der Waals surface area contributed by atoms with E-state index in [1.54, 1.807) is 23.7 Å². The summed E-state index contributed by atoms with van der Waals surface area (Å²) in [4.78, 5) is 25.7. The fourth-order valence-corrected chi connectivity index (χ4v) is 4.18. The lowest BCUT2D eigenvalue weighted by Gasteiger charge is -2.31. The van der Waals surface area contributed by atoms with Gasteiger partial charge in [0, 0.05) is 45.0 Å². The summed E-state index contributed by atoms with van der Waals surface area (Å²) in [6.45, 7) is 5.95. The second-order valence-electron chi connectivity index (χ2n) is 7.30. The number of hydrogen-bond donors (Lipinski definition) is 1. The molecule has 146 valence electrons. The van der Waals surface area contributed by atoms with Gasteiger partial charge in [-0.05, 0) is 44.3 Å². The molecule has 0 radical (unpaired) electrons. The molecular weight excluding hydrogens is 358 g/mol. The van der Waals surface area contributed by atoms with Crippen molar-refractivity contribution in [3.8, 4) is 0 Å². The van der Waals surface area contributed by atoms with Gasteiger partial charge in [-0.3, -0.25) is 14.7 Å². The maximum absolute atomic E-state index is 12.6. The van der Waals surface area contributed by atoms with Crippen LogP contribution in [0.15, 0.2) is 23.8 Å². The lowest BCUT2D eigenvalue weighted by Crippen LogP contribution is -2.38. The van der Waals surface area contributed by atoms with E-state index in [1.807, 2.05) is 25.1 Å². The number of pyridine rings is 1. The van der Waals surface area contributed by atoms with Crippen molar-refractivity contribution in [3.63, 3.8) is 0 Å². The van der Waals surface area contributed by atoms with Crippen molar-refractivity contribution in [1.29, 1.82) is 0 Å². The highest BCUT2D eigenvalue weighted by Gasteiger charge is 2.21. The highest BCUT2D eigenvalue weighted by Crippen LogP contribution is 2.21. The van der Waals surface area contributed by atoms with Crippen LogP contribution in [0.3, 0.4) is 0 Å². The van der Waals surface area contributed by atoms with E-state index < -0.39 is 0 Å². The molecule has 2 aromatic heterocycles. The summed E-state index contributed by atoms with van der Waals surface area (Å²) < 4.78 is 0. The fourth-order valence-electron chi connectivity index (χ4n) is 3.45. The Morgan fingerprint density at radius 1 is 1.37 bits per heavy atom. The number of piperidine rings is 1. The van der Waals surface area contributed by atoms with E-state index in [0.29, 0.717) is 11.5 Å². The minimum atomic E-state index is -0.0382. The maximum atomic E-state index is 12.6. The van der Waals surface area contributed by atoms with Crippen molar-refractivity contribution in [1.82, 2.24) is 20.2 Å². The maximum Gasteiger partial charge on any atom is 0.254 e. The van der Waals surface area contributed by atoms with Gasteiger partial charge in [0.1, 0.15) is 0 Å². The Bertz CT molecular complexity index is 752. The zero-order chi connectivity index (χ0) is 19.2. The quantitative estimate of drug-likeness (QED) is 0.792. The van der Waals surface area contributed by atoms with Crippen molar-refractivity contribution >= 4 is 22.9 Å². The number of aromatic nitrogens is 2. The van der Waals surface area contributed by atoms with Crippen molar-refractivity contribution in [2.75, 3.05) is 38.6 Å². The highest BCUT2D eigenvalue weighted by molar-refractivity contribution is 7.09. The largest absolute Gasteiger partial charge is 0.377 e. The van der Waals surface area contributed by atoms with E-state index in [2.05, 4.69) is 32.5 Å². The van der Waals surface area contributed by atoms with Gasteiger partial charge >= 0.3 is 0 Å². The molecule has 0 unspecified atom stereocenters. The number of rotatable bonds is 7. The van der Waals surface area contributed by atoms with Crippen LogP contribution in [-0.4, -0.2) is 54.5 Å². The molecule has 1 amide bonds. The van der Waals surface area contributed by atoms with Gasteiger partial charge in [-0.1, -0.05) is 6.92 Å². The van der Waals surface area contributed by atoms with Crippen molar-refractivity contribution in [3.05, 3.63) is 40.1 Å². The molecule has 3 heterocycles. The molecule has 0 spiro atoms. The van der Waals surface area contributed by atoms with Gasteiger partial charge in [0.25, 0.3) is 5.91 Å². The molecule has 1 N–H and O–H groups in total. The molecule has 0 aromatic carbocycles. The third kappa shape index (κ3) is 5.26. The molecule has 1 aliphatic heterocycles. The van der Waals surface area contributed by atoms with E-state index >= 15 is 0 Å². The summed E-state index contributed by atoms with van der Waals surface area (Å²) in [5.74, 6) is 0.495. The van der Waals surface area contributed by atoms with Crippen molar-refractivity contribution in [2.45, 2.75) is 32.7 Å². The molecule has 1 aliphatic rings. The summed E-state index contributed by atoms with van der Waals surface area (Å²) in [6.07, 6.45) is 6.59. The normalized spacial score (nSPS) is 15.7. The summed E-state index contributed by atoms with van der Waals surface area (Å²) >= 11 is 1.76. The van der Waals surface area contributed by atoms with Crippen LogP contribution in [0.25, 0.3) is 0 Å². The van der Waals surface area contributed by atoms with Gasteiger partial charge in [-0.2, -0.15) is 0 Å². The predicted octanol–water partition coefficient (Wildman–Crippen LogP) is 2.81. The van der Waals surface area contributed by atoms with E-state index in [1.165, 1.54) is 10.7 Å². The highest BCUT2D eigenvalue weighted by atomic mass is 32.1. The first-order chi connectivity index (χ1) is 13.1. The number of likely N-dealkylation sites (tertiary alicyclic amines) is 1. The van der Waals surface area contributed by atoms with Gasteiger partial charge in [0.05, 0.1) is 22.0 Å². The number of thiazole rings is 1. The number of nitrogens with one attached hydrogen (secondary N) is 1. The fraction of sp³-hybridized carbons (Fsp3) is 0.550. The number of carbonyl (C=O) groups is 1. The predicted molar refractivity (Wildman–Crippen MR) is 110 cm³/mol. The molecule has 0 atom stereocenters. The topological polar surface area (TPSA) is 61.4 Å². The van der Waals surface area contributed by atoms with Crippen molar-refractivity contribution < 1.29 is 4.79 Å². The van der Waals surface area contributed by atoms with E-state index in [9.17, 15) is 4.79 Å². The first-order valence-corrected chi connectivity index (χ1v) is 10.5. The Morgan fingerprint density at radius 3 is 2.81 bits per heavy atom. The molecule has 0 aliphatic carbocycles. The molecule has 7 heteroatoms. The average Bonchev–Trinajstić information content (AvgIpc) is 3.14. The minimum absolute atomic E-state index is 0.0382. The number of hydrogen-bond acceptors (Lipinski definition) is 6. The summed E-state index contributed by atoms with van der Waals surface area (Å²) in [5, 5.41) is 6.50. The molecule has 6 nitrogen and oxygen atoms in total. The molecular formula is C20H29N5OS. The SMILES string of the molecule is CCc1nc(CN2CCC(CNC(=O)c3cnccc3N(C)C)CC2)cs1.